The number of alkyl halides is 3. The van der Waals surface area contributed by atoms with Crippen LogP contribution in [0.25, 0.3) is 16.9 Å². The summed E-state index contributed by atoms with van der Waals surface area (Å²) in [4.78, 5) is 27.8. The molecule has 14 nitrogen and oxygen atoms in total. The third kappa shape index (κ3) is 9.82. The van der Waals surface area contributed by atoms with Gasteiger partial charge >= 0.3 is 18.2 Å². The van der Waals surface area contributed by atoms with E-state index in [-0.39, 0.29) is 47.2 Å². The Morgan fingerprint density at radius 1 is 1.16 bits per heavy atom. The van der Waals surface area contributed by atoms with E-state index in [0.29, 0.717) is 5.56 Å². The number of nitrogens with zero attached hydrogens (tertiary/aromatic N) is 5. The van der Waals surface area contributed by atoms with Crippen LogP contribution in [0.15, 0.2) is 64.8 Å². The molecule has 0 saturated heterocycles. The number of halogens is 3. The van der Waals surface area contributed by atoms with Gasteiger partial charge in [0.05, 0.1) is 41.4 Å². The summed E-state index contributed by atoms with van der Waals surface area (Å²) in [7, 11) is -3.05. The predicted molar refractivity (Wildman–Crippen MR) is 151 cm³/mol. The van der Waals surface area contributed by atoms with E-state index >= 15 is 0 Å². The molecular weight excluding hydrogens is 625 g/mol. The number of aromatic nitrogens is 2. The number of hydrogen-bond donors (Lipinski definition) is 1. The molecule has 1 aromatic heterocycles. The molecule has 1 atom stereocenters. The molecule has 0 fully saturated rings. The number of aryl methyl sites for hydroxylation is 1. The Kier molecular flexibility index (Phi) is 11.3. The third-order valence-electron chi connectivity index (χ3n) is 5.96. The summed E-state index contributed by atoms with van der Waals surface area (Å²) in [6, 6.07) is 12.4. The lowest BCUT2D eigenvalue weighted by Crippen LogP contribution is -2.32. The van der Waals surface area contributed by atoms with Gasteiger partial charge in [-0.1, -0.05) is 36.8 Å². The zero-order valence-electron chi connectivity index (χ0n) is 24.6. The molecule has 0 aliphatic rings. The summed E-state index contributed by atoms with van der Waals surface area (Å²) < 4.78 is 78.2. The largest absolute Gasteiger partial charge is 0.569 e. The first-order valence-electron chi connectivity index (χ1n) is 13.4. The molecule has 0 radical (unpaired) electrons. The molecule has 1 N–H and O–H groups in total. The molecule has 1 amide bonds. The average molecular weight is 657 g/mol. The highest BCUT2D eigenvalue weighted by Crippen LogP contribution is 2.33. The Labute approximate surface area is 256 Å². The highest BCUT2D eigenvalue weighted by atomic mass is 32.2. The van der Waals surface area contributed by atoms with Gasteiger partial charge in [0.15, 0.2) is 5.69 Å². The fourth-order valence-corrected chi connectivity index (χ4v) is 4.50. The summed E-state index contributed by atoms with van der Waals surface area (Å²) in [5.41, 5.74) is 0.529. The smallest absolute Gasteiger partial charge is 0.435 e. The van der Waals surface area contributed by atoms with E-state index in [1.165, 1.54) is 26.1 Å². The molecule has 0 bridgehead atoms. The molecular formula is C27H31F3N6O8S. The van der Waals surface area contributed by atoms with Crippen LogP contribution in [-0.4, -0.2) is 66.7 Å². The van der Waals surface area contributed by atoms with E-state index in [2.05, 4.69) is 10.4 Å². The lowest BCUT2D eigenvalue weighted by Gasteiger charge is -2.14. The van der Waals surface area contributed by atoms with Crippen molar-refractivity contribution in [3.8, 4) is 16.9 Å². The van der Waals surface area contributed by atoms with Crippen molar-refractivity contribution in [2.75, 3.05) is 20.2 Å². The standard InChI is InChI=1S/C27H31F3N6O8S/c1-5-25(37)43-19(3)44-33-36(39)34(4)15-6-16-42-26(38)32-45(40,41)22-13-11-21(12-14-22)35-23(17-24(31-35)27(28,29)30)20-9-7-18(2)8-10-20/h7-14,17,19H,5-6,15-16H2,1-4H3,(H,32,38)/b36-33-. The lowest BCUT2D eigenvalue weighted by molar-refractivity contribution is -0.707. The Hall–Kier alpha value is -4.87. The van der Waals surface area contributed by atoms with Crippen LogP contribution in [0, 0.1) is 12.1 Å². The van der Waals surface area contributed by atoms with Gasteiger partial charge in [0.1, 0.15) is 0 Å². The highest BCUT2D eigenvalue weighted by Gasteiger charge is 2.35. The van der Waals surface area contributed by atoms with Crippen LogP contribution < -0.4 is 4.72 Å². The number of esters is 1. The SMILES string of the molecule is CCC(=O)OC(C)O/N=[N+](\[O-])N(C)CCCOC(=O)NS(=O)(=O)c1ccc(-n2nc(C(F)(F)F)cc2-c2ccc(C)cc2)cc1. The number of carbonyl (C=O) groups is 2. The first-order chi connectivity index (χ1) is 21.1. The van der Waals surface area contributed by atoms with Gasteiger partial charge in [0, 0.05) is 25.3 Å². The lowest BCUT2D eigenvalue weighted by atomic mass is 10.1. The van der Waals surface area contributed by atoms with Crippen LogP contribution in [0.2, 0.25) is 0 Å². The van der Waals surface area contributed by atoms with Crippen LogP contribution in [-0.2, 0) is 35.3 Å². The highest BCUT2D eigenvalue weighted by molar-refractivity contribution is 7.90. The first-order valence-corrected chi connectivity index (χ1v) is 14.9. The molecule has 3 aromatic rings. The molecule has 0 aliphatic carbocycles. The minimum Gasteiger partial charge on any atom is -0.569 e. The van der Waals surface area contributed by atoms with Gasteiger partial charge in [0.25, 0.3) is 16.3 Å². The predicted octanol–water partition coefficient (Wildman–Crippen LogP) is 4.71. The van der Waals surface area contributed by atoms with Gasteiger partial charge in [-0.2, -0.15) is 18.3 Å². The second-order valence-electron chi connectivity index (χ2n) is 9.51. The number of rotatable bonds is 13. The fraction of sp³-hybridized carbons (Fsp3) is 0.370. The first kappa shape index (κ1) is 34.6. The number of ether oxygens (including phenoxy) is 2. The van der Waals surface area contributed by atoms with E-state index in [1.54, 1.807) is 35.9 Å². The minimum absolute atomic E-state index is 0.0229. The average Bonchev–Trinajstić information content (AvgIpc) is 3.44. The molecule has 0 aliphatic heterocycles. The Balaban J connectivity index is 1.58. The molecule has 1 heterocycles. The number of hydrazine groups is 1. The summed E-state index contributed by atoms with van der Waals surface area (Å²) in [5, 5.41) is 19.9. The number of carbonyl (C=O) groups excluding carboxylic acids is 2. The summed E-state index contributed by atoms with van der Waals surface area (Å²) in [5.74, 6) is -0.539. The quantitative estimate of drug-likeness (QED) is 0.0679. The van der Waals surface area contributed by atoms with E-state index < -0.39 is 40.2 Å². The summed E-state index contributed by atoms with van der Waals surface area (Å²) in [6.45, 7) is 4.54. The Bertz CT molecular complexity index is 1610. The number of amides is 1. The van der Waals surface area contributed by atoms with Gasteiger partial charge in [-0.3, -0.25) is 9.63 Å². The molecule has 0 spiro atoms. The van der Waals surface area contributed by atoms with Crippen molar-refractivity contribution in [1.29, 1.82) is 0 Å². The van der Waals surface area contributed by atoms with Crippen molar-refractivity contribution >= 4 is 22.1 Å². The minimum atomic E-state index is -4.71. The maximum Gasteiger partial charge on any atom is 0.435 e. The zero-order valence-corrected chi connectivity index (χ0v) is 25.5. The van der Waals surface area contributed by atoms with Crippen LogP contribution in [0.3, 0.4) is 0 Å². The van der Waals surface area contributed by atoms with Crippen molar-refractivity contribution in [3.05, 3.63) is 71.1 Å². The van der Waals surface area contributed by atoms with Crippen molar-refractivity contribution in [2.45, 2.75) is 51.0 Å². The Morgan fingerprint density at radius 2 is 1.80 bits per heavy atom. The third-order valence-corrected chi connectivity index (χ3v) is 7.29. The van der Waals surface area contributed by atoms with Gasteiger partial charge < -0.3 is 14.7 Å². The fourth-order valence-electron chi connectivity index (χ4n) is 3.61. The maximum absolute atomic E-state index is 13.5. The van der Waals surface area contributed by atoms with E-state index in [9.17, 15) is 36.4 Å². The van der Waals surface area contributed by atoms with Crippen molar-refractivity contribution in [2.24, 2.45) is 5.28 Å². The van der Waals surface area contributed by atoms with Gasteiger partial charge in [0.2, 0.25) is 5.28 Å². The molecule has 244 valence electrons. The number of benzene rings is 2. The molecule has 0 saturated carbocycles. The van der Waals surface area contributed by atoms with Gasteiger partial charge in [-0.25, -0.2) is 22.6 Å². The van der Waals surface area contributed by atoms with E-state index in [0.717, 1.165) is 33.5 Å². The Morgan fingerprint density at radius 3 is 2.40 bits per heavy atom. The van der Waals surface area contributed by atoms with E-state index in [4.69, 9.17) is 14.3 Å². The normalized spacial score (nSPS) is 12.7. The second kappa shape index (κ2) is 14.7. The topological polar surface area (TPSA) is 167 Å². The van der Waals surface area contributed by atoms with Crippen molar-refractivity contribution in [3.63, 3.8) is 0 Å². The van der Waals surface area contributed by atoms with Crippen molar-refractivity contribution < 1.29 is 50.5 Å². The van der Waals surface area contributed by atoms with Crippen molar-refractivity contribution in [1.82, 2.24) is 19.5 Å². The van der Waals surface area contributed by atoms with Crippen LogP contribution in [0.5, 0.6) is 0 Å². The summed E-state index contributed by atoms with van der Waals surface area (Å²) in [6.07, 6.45) is -6.87. The monoisotopic (exact) mass is 656 g/mol. The number of nitrogens with one attached hydrogen (secondary N) is 1. The number of sulfonamides is 1. The van der Waals surface area contributed by atoms with Gasteiger partial charge in [-0.15, -0.1) is 5.01 Å². The second-order valence-corrected chi connectivity index (χ2v) is 11.2. The maximum atomic E-state index is 13.5. The van der Waals surface area contributed by atoms with Gasteiger partial charge in [-0.05, 0) is 37.3 Å². The van der Waals surface area contributed by atoms with Crippen LogP contribution in [0.1, 0.15) is 37.9 Å². The molecule has 3 rings (SSSR count). The van der Waals surface area contributed by atoms with Crippen LogP contribution in [0.4, 0.5) is 18.0 Å². The van der Waals surface area contributed by atoms with E-state index in [1.807, 2.05) is 6.92 Å². The summed E-state index contributed by atoms with van der Waals surface area (Å²) >= 11 is 0. The molecule has 2 aromatic carbocycles. The molecule has 18 heteroatoms. The number of hydrogen-bond acceptors (Lipinski definition) is 10. The molecule has 1 unspecified atom stereocenters. The van der Waals surface area contributed by atoms with Crippen LogP contribution >= 0.6 is 0 Å². The zero-order chi connectivity index (χ0) is 33.4. The molecule has 45 heavy (non-hydrogen) atoms.